The molecule has 0 saturated carbocycles. The standard InChI is InChI=1S/C9H7BrO3/c1-12-7-3-2-6(10)5-4-13-9(11)8(5)7/h2-3H,4H2,1H3. The number of esters is 1. The third kappa shape index (κ3) is 1.21. The molecule has 68 valence electrons. The van der Waals surface area contributed by atoms with E-state index in [-0.39, 0.29) is 5.97 Å². The number of hydrogen-bond acceptors (Lipinski definition) is 3. The van der Waals surface area contributed by atoms with Gasteiger partial charge >= 0.3 is 5.97 Å². The maximum absolute atomic E-state index is 11.3. The molecule has 0 amide bonds. The van der Waals surface area contributed by atoms with Crippen LogP contribution in [0.2, 0.25) is 0 Å². The molecule has 0 radical (unpaired) electrons. The highest BCUT2D eigenvalue weighted by Crippen LogP contribution is 2.34. The second-order valence-corrected chi connectivity index (χ2v) is 3.53. The summed E-state index contributed by atoms with van der Waals surface area (Å²) in [7, 11) is 1.54. The van der Waals surface area contributed by atoms with Gasteiger partial charge < -0.3 is 9.47 Å². The van der Waals surface area contributed by atoms with Crippen molar-refractivity contribution in [3.05, 3.63) is 27.7 Å². The van der Waals surface area contributed by atoms with Crippen LogP contribution in [-0.2, 0) is 11.3 Å². The molecule has 13 heavy (non-hydrogen) atoms. The maximum Gasteiger partial charge on any atom is 0.342 e. The van der Waals surface area contributed by atoms with Crippen LogP contribution in [0, 0.1) is 0 Å². The summed E-state index contributed by atoms with van der Waals surface area (Å²) in [4.78, 5) is 11.3. The Kier molecular flexibility index (Phi) is 2.00. The van der Waals surface area contributed by atoms with Crippen molar-refractivity contribution in [1.29, 1.82) is 0 Å². The van der Waals surface area contributed by atoms with Gasteiger partial charge in [0.15, 0.2) is 0 Å². The van der Waals surface area contributed by atoms with Crippen molar-refractivity contribution in [2.45, 2.75) is 6.61 Å². The van der Waals surface area contributed by atoms with E-state index in [1.54, 1.807) is 6.07 Å². The van der Waals surface area contributed by atoms with Crippen LogP contribution in [0.15, 0.2) is 16.6 Å². The number of cyclic esters (lactones) is 1. The summed E-state index contributed by atoms with van der Waals surface area (Å²) in [5, 5.41) is 0. The number of halogens is 1. The van der Waals surface area contributed by atoms with Gasteiger partial charge in [0.1, 0.15) is 17.9 Å². The smallest absolute Gasteiger partial charge is 0.342 e. The molecule has 0 spiro atoms. The van der Waals surface area contributed by atoms with E-state index in [1.807, 2.05) is 6.07 Å². The van der Waals surface area contributed by atoms with Crippen LogP contribution in [0.25, 0.3) is 0 Å². The van der Waals surface area contributed by atoms with E-state index in [4.69, 9.17) is 9.47 Å². The second kappa shape index (κ2) is 3.03. The van der Waals surface area contributed by atoms with Gasteiger partial charge in [-0.2, -0.15) is 0 Å². The average Bonchev–Trinajstić information content (AvgIpc) is 2.51. The lowest BCUT2D eigenvalue weighted by molar-refractivity contribution is 0.0532. The first-order valence-electron chi connectivity index (χ1n) is 3.76. The van der Waals surface area contributed by atoms with Crippen LogP contribution in [0.5, 0.6) is 5.75 Å². The van der Waals surface area contributed by atoms with E-state index in [0.717, 1.165) is 10.0 Å². The highest BCUT2D eigenvalue weighted by molar-refractivity contribution is 9.10. The predicted molar refractivity (Wildman–Crippen MR) is 49.8 cm³/mol. The monoisotopic (exact) mass is 242 g/mol. The van der Waals surface area contributed by atoms with Crippen LogP contribution in [0.4, 0.5) is 0 Å². The molecule has 0 atom stereocenters. The Hall–Kier alpha value is -1.03. The highest BCUT2D eigenvalue weighted by atomic mass is 79.9. The molecular weight excluding hydrogens is 236 g/mol. The minimum absolute atomic E-state index is 0.312. The Bertz CT molecular complexity index is 373. The topological polar surface area (TPSA) is 35.5 Å². The molecule has 0 aliphatic carbocycles. The SMILES string of the molecule is COc1ccc(Br)c2c1C(=O)OC2. The molecule has 0 aromatic heterocycles. The molecular formula is C9H7BrO3. The molecule has 3 nitrogen and oxygen atoms in total. The molecule has 2 rings (SSSR count). The van der Waals surface area contributed by atoms with Gasteiger partial charge in [-0.1, -0.05) is 15.9 Å². The molecule has 4 heteroatoms. The number of fused-ring (bicyclic) bond motifs is 1. The van der Waals surface area contributed by atoms with Crippen LogP contribution in [0.3, 0.4) is 0 Å². The van der Waals surface area contributed by atoms with Crippen molar-refractivity contribution in [2.75, 3.05) is 7.11 Å². The molecule has 1 aromatic rings. The maximum atomic E-state index is 11.3. The van der Waals surface area contributed by atoms with Crippen molar-refractivity contribution in [2.24, 2.45) is 0 Å². The van der Waals surface area contributed by atoms with E-state index in [9.17, 15) is 4.79 Å². The van der Waals surface area contributed by atoms with Crippen molar-refractivity contribution >= 4 is 21.9 Å². The zero-order chi connectivity index (χ0) is 9.42. The number of rotatable bonds is 1. The normalized spacial score (nSPS) is 13.8. The zero-order valence-electron chi connectivity index (χ0n) is 6.96. The minimum atomic E-state index is -0.312. The zero-order valence-corrected chi connectivity index (χ0v) is 8.55. The lowest BCUT2D eigenvalue weighted by atomic mass is 10.1. The summed E-state index contributed by atoms with van der Waals surface area (Å²) in [5.41, 5.74) is 1.40. The molecule has 1 aliphatic heterocycles. The number of carbonyl (C=O) groups excluding carboxylic acids is 1. The summed E-state index contributed by atoms with van der Waals surface area (Å²) >= 11 is 3.35. The fraction of sp³-hybridized carbons (Fsp3) is 0.222. The van der Waals surface area contributed by atoms with Crippen molar-refractivity contribution in [3.8, 4) is 5.75 Å². The number of benzene rings is 1. The van der Waals surface area contributed by atoms with Crippen LogP contribution < -0.4 is 4.74 Å². The molecule has 0 N–H and O–H groups in total. The largest absolute Gasteiger partial charge is 0.496 e. The van der Waals surface area contributed by atoms with E-state index >= 15 is 0 Å². The van der Waals surface area contributed by atoms with Crippen molar-refractivity contribution in [3.63, 3.8) is 0 Å². The molecule has 0 unspecified atom stereocenters. The highest BCUT2D eigenvalue weighted by Gasteiger charge is 2.27. The lowest BCUT2D eigenvalue weighted by Gasteiger charge is -2.04. The van der Waals surface area contributed by atoms with Gasteiger partial charge in [-0.3, -0.25) is 0 Å². The molecule has 1 aliphatic rings. The predicted octanol–water partition coefficient (Wildman–Crippen LogP) is 2.13. The quantitative estimate of drug-likeness (QED) is 0.708. The van der Waals surface area contributed by atoms with E-state index in [2.05, 4.69) is 15.9 Å². The van der Waals surface area contributed by atoms with Crippen LogP contribution in [-0.4, -0.2) is 13.1 Å². The van der Waals surface area contributed by atoms with E-state index < -0.39 is 0 Å². The van der Waals surface area contributed by atoms with Gasteiger partial charge in [-0.25, -0.2) is 4.79 Å². The van der Waals surface area contributed by atoms with Gasteiger partial charge in [0.2, 0.25) is 0 Å². The molecule has 1 aromatic carbocycles. The Balaban J connectivity index is 2.66. The first kappa shape index (κ1) is 8.56. The summed E-state index contributed by atoms with van der Waals surface area (Å²) in [6.45, 7) is 0.325. The molecule has 0 fully saturated rings. The lowest BCUT2D eigenvalue weighted by Crippen LogP contribution is -1.98. The fourth-order valence-corrected chi connectivity index (χ4v) is 1.79. The number of methoxy groups -OCH3 is 1. The second-order valence-electron chi connectivity index (χ2n) is 2.68. The fourth-order valence-electron chi connectivity index (χ4n) is 1.35. The number of ether oxygens (including phenoxy) is 2. The first-order valence-corrected chi connectivity index (χ1v) is 4.56. The number of carbonyl (C=O) groups is 1. The Morgan fingerprint density at radius 2 is 2.31 bits per heavy atom. The van der Waals surface area contributed by atoms with Crippen LogP contribution in [0.1, 0.15) is 15.9 Å². The van der Waals surface area contributed by atoms with Crippen LogP contribution >= 0.6 is 15.9 Å². The van der Waals surface area contributed by atoms with Gasteiger partial charge in [-0.05, 0) is 12.1 Å². The summed E-state index contributed by atoms with van der Waals surface area (Å²) in [6, 6.07) is 3.59. The van der Waals surface area contributed by atoms with Crippen molar-refractivity contribution in [1.82, 2.24) is 0 Å². The summed E-state index contributed by atoms with van der Waals surface area (Å²) in [6.07, 6.45) is 0. The van der Waals surface area contributed by atoms with E-state index in [1.165, 1.54) is 7.11 Å². The molecule has 0 saturated heterocycles. The van der Waals surface area contributed by atoms with Gasteiger partial charge in [0.05, 0.1) is 7.11 Å². The van der Waals surface area contributed by atoms with Gasteiger partial charge in [-0.15, -0.1) is 0 Å². The summed E-state index contributed by atoms with van der Waals surface area (Å²) in [5.74, 6) is 0.258. The number of hydrogen-bond donors (Lipinski definition) is 0. The van der Waals surface area contributed by atoms with Gasteiger partial charge in [0, 0.05) is 10.0 Å². The Morgan fingerprint density at radius 3 is 3.00 bits per heavy atom. The first-order chi connectivity index (χ1) is 6.24. The van der Waals surface area contributed by atoms with Crippen molar-refractivity contribution < 1.29 is 14.3 Å². The minimum Gasteiger partial charge on any atom is -0.496 e. The average molecular weight is 243 g/mol. The van der Waals surface area contributed by atoms with E-state index in [0.29, 0.717) is 17.9 Å². The summed E-state index contributed by atoms with van der Waals surface area (Å²) < 4.78 is 10.8. The third-order valence-corrected chi connectivity index (χ3v) is 2.73. The van der Waals surface area contributed by atoms with Gasteiger partial charge in [0.25, 0.3) is 0 Å². The molecule has 0 bridgehead atoms. The molecule has 1 heterocycles. The third-order valence-electron chi connectivity index (χ3n) is 1.99. The Labute approximate surface area is 83.8 Å². The Morgan fingerprint density at radius 1 is 1.54 bits per heavy atom.